The molecule has 1 amide bonds. The molecule has 176 valence electrons. The van der Waals surface area contributed by atoms with Gasteiger partial charge in [-0.15, -0.1) is 0 Å². The first-order valence-electron chi connectivity index (χ1n) is 11.6. The summed E-state index contributed by atoms with van der Waals surface area (Å²) >= 11 is 0. The van der Waals surface area contributed by atoms with Gasteiger partial charge in [0.25, 0.3) is 0 Å². The third-order valence-electron chi connectivity index (χ3n) is 6.77. The van der Waals surface area contributed by atoms with Crippen molar-refractivity contribution in [3.63, 3.8) is 0 Å². The smallest absolute Gasteiger partial charge is 0.238 e. The van der Waals surface area contributed by atoms with Crippen LogP contribution in [0.5, 0.6) is 0 Å². The van der Waals surface area contributed by atoms with E-state index in [1.165, 1.54) is 6.07 Å². The van der Waals surface area contributed by atoms with E-state index in [9.17, 15) is 18.0 Å². The molecule has 3 N–H and O–H groups in total. The first-order chi connectivity index (χ1) is 15.8. The van der Waals surface area contributed by atoms with Gasteiger partial charge in [-0.3, -0.25) is 14.5 Å². The van der Waals surface area contributed by atoms with Gasteiger partial charge in [0.15, 0.2) is 5.78 Å². The number of amides is 1. The fourth-order valence-electron chi connectivity index (χ4n) is 5.01. The van der Waals surface area contributed by atoms with E-state index in [-0.39, 0.29) is 28.4 Å². The van der Waals surface area contributed by atoms with Crippen LogP contribution in [0.2, 0.25) is 0 Å². The third kappa shape index (κ3) is 5.69. The van der Waals surface area contributed by atoms with Gasteiger partial charge >= 0.3 is 0 Å². The molecule has 0 radical (unpaired) electrons. The lowest BCUT2D eigenvalue weighted by molar-refractivity contribution is -0.133. The van der Waals surface area contributed by atoms with Crippen LogP contribution in [-0.4, -0.2) is 44.6 Å². The molecule has 2 aromatic carbocycles. The molecule has 33 heavy (non-hydrogen) atoms. The number of hydrogen-bond acceptors (Lipinski definition) is 5. The maximum absolute atomic E-state index is 12.9. The van der Waals surface area contributed by atoms with Crippen molar-refractivity contribution in [3.05, 3.63) is 54.1 Å². The van der Waals surface area contributed by atoms with Crippen LogP contribution in [0.1, 0.15) is 37.7 Å². The van der Waals surface area contributed by atoms with Crippen molar-refractivity contribution in [2.45, 2.75) is 43.5 Å². The Balaban J connectivity index is 1.36. The predicted molar refractivity (Wildman–Crippen MR) is 127 cm³/mol. The molecule has 1 heterocycles. The van der Waals surface area contributed by atoms with Crippen molar-refractivity contribution in [1.82, 2.24) is 10.2 Å². The second-order valence-corrected chi connectivity index (χ2v) is 10.6. The number of carbonyl (C=O) groups excluding carboxylic acids is 2. The summed E-state index contributed by atoms with van der Waals surface area (Å²) < 4.78 is 23.7. The van der Waals surface area contributed by atoms with Gasteiger partial charge in [0.05, 0.1) is 11.4 Å². The van der Waals surface area contributed by atoms with E-state index >= 15 is 0 Å². The second kappa shape index (κ2) is 10.2. The second-order valence-electron chi connectivity index (χ2n) is 9.05. The molecule has 2 atom stereocenters. The summed E-state index contributed by atoms with van der Waals surface area (Å²) in [7, 11) is -3.83. The van der Waals surface area contributed by atoms with E-state index in [4.69, 9.17) is 5.14 Å². The number of Topliss-reactive ketones (excluding diaryl/α,β-unsaturated/α-hetero) is 1. The van der Waals surface area contributed by atoms with E-state index in [1.807, 2.05) is 24.3 Å². The van der Waals surface area contributed by atoms with Gasteiger partial charge in [-0.25, -0.2) is 13.6 Å². The molecular weight excluding hydrogens is 438 g/mol. The lowest BCUT2D eigenvalue weighted by Crippen LogP contribution is -2.38. The number of nitrogens with zero attached hydrogens (tertiary/aromatic N) is 1. The van der Waals surface area contributed by atoms with E-state index in [0.717, 1.165) is 56.3 Å². The number of nitrogens with one attached hydrogen (secondary N) is 1. The average molecular weight is 470 g/mol. The van der Waals surface area contributed by atoms with Gasteiger partial charge in [0.2, 0.25) is 15.9 Å². The van der Waals surface area contributed by atoms with Crippen LogP contribution >= 0.6 is 0 Å². The standard InChI is InChI=1S/C25H31N3O4S/c26-33(31,32)24-9-2-1-6-20(24)19-12-10-18(11-13-19)16-27-25(30)22-8-5-7-21(22)23(29)17-28-14-3-4-15-28/h1-2,6,9-13,21-22H,3-5,7-8,14-17H2,(H,27,30)(H2,26,31,32). The Labute approximate surface area is 195 Å². The number of likely N-dealkylation sites (tertiary alicyclic amines) is 1. The fraction of sp³-hybridized carbons (Fsp3) is 0.440. The van der Waals surface area contributed by atoms with Crippen molar-refractivity contribution in [3.8, 4) is 11.1 Å². The first kappa shape index (κ1) is 23.6. The Hall–Kier alpha value is -2.55. The maximum atomic E-state index is 12.9. The number of primary sulfonamides is 1. The average Bonchev–Trinajstić information content (AvgIpc) is 3.49. The van der Waals surface area contributed by atoms with Crippen molar-refractivity contribution >= 4 is 21.7 Å². The first-order valence-corrected chi connectivity index (χ1v) is 13.1. The Bertz CT molecular complexity index is 1110. The zero-order chi connectivity index (χ0) is 23.4. The molecule has 0 aromatic heterocycles. The number of sulfonamides is 1. The molecule has 0 bridgehead atoms. The van der Waals surface area contributed by atoms with Crippen molar-refractivity contribution in [1.29, 1.82) is 0 Å². The van der Waals surface area contributed by atoms with Crippen LogP contribution in [0.15, 0.2) is 53.4 Å². The molecule has 2 fully saturated rings. The Morgan fingerprint density at radius 2 is 1.61 bits per heavy atom. The molecule has 4 rings (SSSR count). The third-order valence-corrected chi connectivity index (χ3v) is 7.74. The molecule has 1 saturated heterocycles. The van der Waals surface area contributed by atoms with Crippen LogP contribution in [0, 0.1) is 11.8 Å². The zero-order valence-electron chi connectivity index (χ0n) is 18.7. The minimum Gasteiger partial charge on any atom is -0.352 e. The highest BCUT2D eigenvalue weighted by molar-refractivity contribution is 7.89. The Morgan fingerprint density at radius 1 is 0.939 bits per heavy atom. The van der Waals surface area contributed by atoms with Gasteiger partial charge < -0.3 is 5.32 Å². The molecule has 8 heteroatoms. The van der Waals surface area contributed by atoms with E-state index in [1.54, 1.807) is 18.2 Å². The van der Waals surface area contributed by atoms with E-state index in [2.05, 4.69) is 10.2 Å². The van der Waals surface area contributed by atoms with Gasteiger partial charge in [-0.1, -0.05) is 48.9 Å². The predicted octanol–water partition coefficient (Wildman–Crippen LogP) is 2.70. The molecule has 7 nitrogen and oxygen atoms in total. The van der Waals surface area contributed by atoms with Crippen LogP contribution in [0.4, 0.5) is 0 Å². The highest BCUT2D eigenvalue weighted by Gasteiger charge is 2.37. The van der Waals surface area contributed by atoms with E-state index in [0.29, 0.717) is 18.7 Å². The number of nitrogens with two attached hydrogens (primary N) is 1. The molecular formula is C25H31N3O4S. The Kier molecular flexibility index (Phi) is 7.26. The molecule has 2 aromatic rings. The lowest BCUT2D eigenvalue weighted by atomic mass is 9.90. The minimum atomic E-state index is -3.83. The lowest BCUT2D eigenvalue weighted by Gasteiger charge is -2.21. The minimum absolute atomic E-state index is 0.0593. The maximum Gasteiger partial charge on any atom is 0.238 e. The summed E-state index contributed by atoms with van der Waals surface area (Å²) in [5, 5.41) is 8.34. The van der Waals surface area contributed by atoms with E-state index < -0.39 is 10.0 Å². The molecule has 2 aliphatic rings. The van der Waals surface area contributed by atoms with Gasteiger partial charge in [0, 0.05) is 23.9 Å². The summed E-state index contributed by atoms with van der Waals surface area (Å²) in [6.07, 6.45) is 4.75. The highest BCUT2D eigenvalue weighted by atomic mass is 32.2. The Morgan fingerprint density at radius 3 is 2.30 bits per heavy atom. The number of carbonyl (C=O) groups is 2. The summed E-state index contributed by atoms with van der Waals surface area (Å²) in [5.41, 5.74) is 2.18. The number of ketones is 1. The van der Waals surface area contributed by atoms with Crippen LogP contribution in [0.3, 0.4) is 0 Å². The molecule has 1 saturated carbocycles. The van der Waals surface area contributed by atoms with Crippen molar-refractivity contribution < 1.29 is 18.0 Å². The topological polar surface area (TPSA) is 110 Å². The van der Waals surface area contributed by atoms with Gasteiger partial charge in [-0.05, 0) is 56.0 Å². The summed E-state index contributed by atoms with van der Waals surface area (Å²) in [6, 6.07) is 14.0. The van der Waals surface area contributed by atoms with Crippen LogP contribution < -0.4 is 10.5 Å². The molecule has 2 unspecified atom stereocenters. The monoisotopic (exact) mass is 469 g/mol. The fourth-order valence-corrected chi connectivity index (χ4v) is 5.77. The van der Waals surface area contributed by atoms with Gasteiger partial charge in [-0.2, -0.15) is 0 Å². The molecule has 1 aliphatic heterocycles. The zero-order valence-corrected chi connectivity index (χ0v) is 19.5. The van der Waals surface area contributed by atoms with Crippen molar-refractivity contribution in [2.24, 2.45) is 17.0 Å². The number of benzene rings is 2. The van der Waals surface area contributed by atoms with Crippen LogP contribution in [-0.2, 0) is 26.2 Å². The summed E-state index contributed by atoms with van der Waals surface area (Å²) in [4.78, 5) is 27.9. The quantitative estimate of drug-likeness (QED) is 0.618. The van der Waals surface area contributed by atoms with Gasteiger partial charge in [0.1, 0.15) is 0 Å². The largest absolute Gasteiger partial charge is 0.352 e. The summed E-state index contributed by atoms with van der Waals surface area (Å²) in [6.45, 7) is 2.79. The normalized spacial score (nSPS) is 21.2. The number of rotatable bonds is 8. The highest BCUT2D eigenvalue weighted by Crippen LogP contribution is 2.33. The van der Waals surface area contributed by atoms with Crippen molar-refractivity contribution in [2.75, 3.05) is 19.6 Å². The summed E-state index contributed by atoms with van der Waals surface area (Å²) in [5.74, 6) is -0.285. The SMILES string of the molecule is NS(=O)(=O)c1ccccc1-c1ccc(CNC(=O)C2CCCC2C(=O)CN2CCCC2)cc1. The number of hydrogen-bond donors (Lipinski definition) is 2. The molecule has 1 aliphatic carbocycles. The van der Waals surface area contributed by atoms with Crippen LogP contribution in [0.25, 0.3) is 11.1 Å². The molecule has 0 spiro atoms.